The van der Waals surface area contributed by atoms with Gasteiger partial charge in [-0.25, -0.2) is 4.79 Å². The molecule has 27 heavy (non-hydrogen) atoms. The van der Waals surface area contributed by atoms with Gasteiger partial charge in [-0.05, 0) is 46.6 Å². The second kappa shape index (κ2) is 10.7. The van der Waals surface area contributed by atoms with Crippen LogP contribution < -0.4 is 5.63 Å². The molecule has 0 radical (unpaired) electrons. The topological polar surface area (TPSA) is 70.7 Å². The highest BCUT2D eigenvalue weighted by molar-refractivity contribution is 5.32. The van der Waals surface area contributed by atoms with Crippen molar-refractivity contribution in [1.82, 2.24) is 0 Å². The summed E-state index contributed by atoms with van der Waals surface area (Å²) >= 11 is 0. The predicted molar refractivity (Wildman–Crippen MR) is 111 cm³/mol. The summed E-state index contributed by atoms with van der Waals surface area (Å²) in [5.41, 5.74) is 3.28. The number of allylic oxidation sites excluding steroid dienone is 6. The summed E-state index contributed by atoms with van der Waals surface area (Å²) in [6.07, 6.45) is 10.9. The summed E-state index contributed by atoms with van der Waals surface area (Å²) in [6, 6.07) is 1.09. The lowest BCUT2D eigenvalue weighted by atomic mass is 9.96. The fourth-order valence-electron chi connectivity index (χ4n) is 2.71. The first-order valence-corrected chi connectivity index (χ1v) is 9.29. The lowest BCUT2D eigenvalue weighted by Crippen LogP contribution is -2.17. The Morgan fingerprint density at radius 1 is 1.30 bits per heavy atom. The Kier molecular flexibility index (Phi) is 9.03. The van der Waals surface area contributed by atoms with Crippen LogP contribution in [-0.2, 0) is 6.42 Å². The molecular formula is C23H32O4. The molecule has 1 heterocycles. The molecular weight excluding hydrogens is 340 g/mol. The molecule has 0 aliphatic carbocycles. The third-order valence-corrected chi connectivity index (χ3v) is 4.68. The van der Waals surface area contributed by atoms with E-state index in [-0.39, 0.29) is 11.7 Å². The average molecular weight is 373 g/mol. The molecule has 148 valence electrons. The van der Waals surface area contributed by atoms with Gasteiger partial charge in [0, 0.05) is 17.9 Å². The minimum absolute atomic E-state index is 0.0302. The van der Waals surface area contributed by atoms with Gasteiger partial charge in [-0.1, -0.05) is 48.5 Å². The lowest BCUT2D eigenvalue weighted by Gasteiger charge is -2.16. The van der Waals surface area contributed by atoms with Crippen LogP contribution in [0, 0.1) is 12.8 Å². The highest BCUT2D eigenvalue weighted by atomic mass is 16.4. The van der Waals surface area contributed by atoms with Gasteiger partial charge in [0.2, 0.25) is 0 Å². The Bertz CT molecular complexity index is 806. The van der Waals surface area contributed by atoms with Crippen LogP contribution in [0.2, 0.25) is 0 Å². The van der Waals surface area contributed by atoms with Gasteiger partial charge in [0.15, 0.2) is 0 Å². The number of aromatic hydroxyl groups is 1. The van der Waals surface area contributed by atoms with Crippen molar-refractivity contribution < 1.29 is 14.6 Å². The third kappa shape index (κ3) is 7.43. The van der Waals surface area contributed by atoms with Gasteiger partial charge in [-0.2, -0.15) is 0 Å². The zero-order valence-corrected chi connectivity index (χ0v) is 17.2. The lowest BCUT2D eigenvalue weighted by molar-refractivity contribution is 0.173. The summed E-state index contributed by atoms with van der Waals surface area (Å²) < 4.78 is 5.16. The Balaban J connectivity index is 2.67. The second-order valence-electron chi connectivity index (χ2n) is 7.11. The largest absolute Gasteiger partial charge is 0.507 e. The fraction of sp³-hybridized carbons (Fsp3) is 0.435. The fourth-order valence-corrected chi connectivity index (χ4v) is 2.71. The van der Waals surface area contributed by atoms with Gasteiger partial charge in [0.05, 0.1) is 12.2 Å². The number of aliphatic hydroxyl groups is 1. The quantitative estimate of drug-likeness (QED) is 0.498. The molecule has 0 aromatic carbocycles. The molecule has 4 heteroatoms. The van der Waals surface area contributed by atoms with E-state index in [9.17, 15) is 15.0 Å². The zero-order valence-electron chi connectivity index (χ0n) is 17.2. The number of hydrogen-bond donors (Lipinski definition) is 2. The summed E-state index contributed by atoms with van der Waals surface area (Å²) in [7, 11) is 0. The van der Waals surface area contributed by atoms with Crippen LogP contribution in [0.3, 0.4) is 0 Å². The Hall–Kier alpha value is -2.33. The van der Waals surface area contributed by atoms with Gasteiger partial charge in [0.1, 0.15) is 11.5 Å². The van der Waals surface area contributed by atoms with Crippen LogP contribution in [0.25, 0.3) is 0 Å². The maximum absolute atomic E-state index is 11.4. The van der Waals surface area contributed by atoms with E-state index in [1.54, 1.807) is 6.92 Å². The standard InChI is InChI=1S/C23H32O4/c1-7-17(4)23(26)18(5)13-16(3)10-8-9-15(2)11-12-21-19(6)20(24)14-22(25)27-21/h7-8,10-11,13-14,18,23-24,26H,9,12H2,1-6H3. The number of hydrogen-bond acceptors (Lipinski definition) is 4. The summed E-state index contributed by atoms with van der Waals surface area (Å²) in [5, 5.41) is 19.9. The van der Waals surface area contributed by atoms with Crippen molar-refractivity contribution in [2.24, 2.45) is 5.92 Å². The van der Waals surface area contributed by atoms with Crippen LogP contribution in [-0.4, -0.2) is 16.3 Å². The molecule has 0 bridgehead atoms. The van der Waals surface area contributed by atoms with Crippen molar-refractivity contribution in [3.05, 3.63) is 74.9 Å². The average Bonchev–Trinajstić information content (AvgIpc) is 2.61. The molecule has 2 atom stereocenters. The van der Waals surface area contributed by atoms with Crippen LogP contribution in [0.4, 0.5) is 0 Å². The molecule has 0 saturated carbocycles. The highest BCUT2D eigenvalue weighted by Crippen LogP contribution is 2.19. The van der Waals surface area contributed by atoms with Crippen molar-refractivity contribution >= 4 is 0 Å². The van der Waals surface area contributed by atoms with E-state index in [0.29, 0.717) is 17.7 Å². The van der Waals surface area contributed by atoms with E-state index >= 15 is 0 Å². The molecule has 1 aromatic heterocycles. The molecule has 0 saturated heterocycles. The molecule has 0 fully saturated rings. The molecule has 2 N–H and O–H groups in total. The molecule has 0 aliphatic rings. The molecule has 1 aromatic rings. The molecule has 0 spiro atoms. The van der Waals surface area contributed by atoms with Gasteiger partial charge >= 0.3 is 5.63 Å². The normalized spacial score (nSPS) is 16.0. The van der Waals surface area contributed by atoms with Gasteiger partial charge in [-0.3, -0.25) is 0 Å². The van der Waals surface area contributed by atoms with Crippen molar-refractivity contribution in [2.75, 3.05) is 0 Å². The number of rotatable bonds is 8. The van der Waals surface area contributed by atoms with Gasteiger partial charge in [-0.15, -0.1) is 0 Å². The Labute approximate surface area is 162 Å². The van der Waals surface area contributed by atoms with Crippen molar-refractivity contribution in [2.45, 2.75) is 60.5 Å². The van der Waals surface area contributed by atoms with Crippen LogP contribution in [0.1, 0.15) is 52.4 Å². The predicted octanol–water partition coefficient (Wildman–Crippen LogP) is 5.00. The van der Waals surface area contributed by atoms with Crippen molar-refractivity contribution in [3.63, 3.8) is 0 Å². The van der Waals surface area contributed by atoms with Crippen LogP contribution in [0.15, 0.2) is 62.4 Å². The first-order chi connectivity index (χ1) is 12.6. The third-order valence-electron chi connectivity index (χ3n) is 4.68. The Morgan fingerprint density at radius 2 is 1.96 bits per heavy atom. The zero-order chi connectivity index (χ0) is 20.6. The maximum atomic E-state index is 11.4. The first kappa shape index (κ1) is 22.7. The second-order valence-corrected chi connectivity index (χ2v) is 7.11. The SMILES string of the molecule is CC=C(C)C(O)C(C)C=C(C)C=CCC(C)=CCc1oc(=O)cc(O)c1C. The van der Waals surface area contributed by atoms with E-state index < -0.39 is 11.7 Å². The first-order valence-electron chi connectivity index (χ1n) is 9.29. The summed E-state index contributed by atoms with van der Waals surface area (Å²) in [5.74, 6) is 0.512. The molecule has 0 amide bonds. The smallest absolute Gasteiger partial charge is 0.339 e. The van der Waals surface area contributed by atoms with Crippen molar-refractivity contribution in [1.29, 1.82) is 0 Å². The van der Waals surface area contributed by atoms with Gasteiger partial charge < -0.3 is 14.6 Å². The van der Waals surface area contributed by atoms with Gasteiger partial charge in [0.25, 0.3) is 0 Å². The molecule has 4 nitrogen and oxygen atoms in total. The highest BCUT2D eigenvalue weighted by Gasteiger charge is 2.12. The van der Waals surface area contributed by atoms with Crippen molar-refractivity contribution in [3.8, 4) is 5.75 Å². The van der Waals surface area contributed by atoms with E-state index in [1.807, 2.05) is 52.8 Å². The molecule has 1 rings (SSSR count). The van der Waals surface area contributed by atoms with E-state index in [1.165, 1.54) is 0 Å². The minimum atomic E-state index is -0.538. The molecule has 2 unspecified atom stereocenters. The number of aliphatic hydroxyl groups excluding tert-OH is 1. The maximum Gasteiger partial charge on any atom is 0.339 e. The summed E-state index contributed by atoms with van der Waals surface area (Å²) in [4.78, 5) is 11.4. The summed E-state index contributed by atoms with van der Waals surface area (Å²) in [6.45, 7) is 11.6. The van der Waals surface area contributed by atoms with E-state index in [2.05, 4.69) is 12.2 Å². The van der Waals surface area contributed by atoms with E-state index in [0.717, 1.165) is 29.2 Å². The Morgan fingerprint density at radius 3 is 2.59 bits per heavy atom. The van der Waals surface area contributed by atoms with Crippen LogP contribution in [0.5, 0.6) is 5.75 Å². The minimum Gasteiger partial charge on any atom is -0.507 e. The molecule has 0 aliphatic heterocycles. The van der Waals surface area contributed by atoms with Crippen LogP contribution >= 0.6 is 0 Å². The van der Waals surface area contributed by atoms with E-state index in [4.69, 9.17) is 4.42 Å². The monoisotopic (exact) mass is 372 g/mol.